The molecule has 0 aliphatic rings. The molecule has 1 heterocycles. The standard InChI is InChI=1S/C16H28FN3O/c1-6-20(13(4)11-21-5)16-15(17)14(7-8-19-16)10-18-9-12(2)3/h7-8,12-13,18H,6,9-11H2,1-5H3. The molecule has 0 aromatic carbocycles. The van der Waals surface area contributed by atoms with Gasteiger partial charge in [-0.25, -0.2) is 9.37 Å². The number of likely N-dealkylation sites (N-methyl/N-ethyl adjacent to an activating group) is 1. The molecule has 0 aliphatic heterocycles. The van der Waals surface area contributed by atoms with Crippen LogP contribution in [0.4, 0.5) is 10.2 Å². The van der Waals surface area contributed by atoms with E-state index in [0.717, 1.165) is 6.54 Å². The SMILES string of the molecule is CCN(c1nccc(CNCC(C)C)c1F)C(C)COC. The van der Waals surface area contributed by atoms with Crippen LogP contribution in [0.15, 0.2) is 12.3 Å². The maximum Gasteiger partial charge on any atom is 0.170 e. The number of halogens is 1. The van der Waals surface area contributed by atoms with Gasteiger partial charge in [-0.05, 0) is 32.4 Å². The van der Waals surface area contributed by atoms with E-state index in [1.807, 2.05) is 18.7 Å². The van der Waals surface area contributed by atoms with E-state index in [9.17, 15) is 4.39 Å². The van der Waals surface area contributed by atoms with Crippen molar-refractivity contribution in [3.8, 4) is 0 Å². The Bertz CT molecular complexity index is 426. The summed E-state index contributed by atoms with van der Waals surface area (Å²) in [7, 11) is 1.65. The monoisotopic (exact) mass is 297 g/mol. The Balaban J connectivity index is 2.87. The smallest absolute Gasteiger partial charge is 0.170 e. The number of pyridine rings is 1. The molecule has 1 unspecified atom stereocenters. The van der Waals surface area contributed by atoms with Gasteiger partial charge in [-0.1, -0.05) is 13.8 Å². The number of nitrogens with one attached hydrogen (secondary N) is 1. The third kappa shape index (κ3) is 5.25. The lowest BCUT2D eigenvalue weighted by Gasteiger charge is -2.29. The third-order valence-electron chi connectivity index (χ3n) is 3.37. The van der Waals surface area contributed by atoms with Crippen molar-refractivity contribution in [2.75, 3.05) is 31.7 Å². The fraction of sp³-hybridized carbons (Fsp3) is 0.688. The summed E-state index contributed by atoms with van der Waals surface area (Å²) in [5.74, 6) is 0.715. The van der Waals surface area contributed by atoms with E-state index in [-0.39, 0.29) is 11.9 Å². The number of anilines is 1. The van der Waals surface area contributed by atoms with Crippen molar-refractivity contribution in [3.63, 3.8) is 0 Å². The number of hydrogen-bond acceptors (Lipinski definition) is 4. The van der Waals surface area contributed by atoms with Gasteiger partial charge < -0.3 is 15.0 Å². The van der Waals surface area contributed by atoms with Gasteiger partial charge in [-0.3, -0.25) is 0 Å². The molecule has 1 N–H and O–H groups in total. The van der Waals surface area contributed by atoms with Gasteiger partial charge in [0.2, 0.25) is 0 Å². The first kappa shape index (κ1) is 17.9. The van der Waals surface area contributed by atoms with Gasteiger partial charge in [0.25, 0.3) is 0 Å². The molecule has 4 nitrogen and oxygen atoms in total. The van der Waals surface area contributed by atoms with Gasteiger partial charge in [0, 0.05) is 32.0 Å². The van der Waals surface area contributed by atoms with E-state index < -0.39 is 0 Å². The summed E-state index contributed by atoms with van der Waals surface area (Å²) in [6.45, 7) is 10.9. The highest BCUT2D eigenvalue weighted by Gasteiger charge is 2.19. The number of hydrogen-bond donors (Lipinski definition) is 1. The van der Waals surface area contributed by atoms with Crippen LogP contribution in [-0.2, 0) is 11.3 Å². The Labute approximate surface area is 127 Å². The molecular formula is C16H28FN3O. The van der Waals surface area contributed by atoms with E-state index in [2.05, 4.69) is 24.1 Å². The van der Waals surface area contributed by atoms with Crippen molar-refractivity contribution in [1.82, 2.24) is 10.3 Å². The fourth-order valence-electron chi connectivity index (χ4n) is 2.30. The first-order valence-corrected chi connectivity index (χ1v) is 7.60. The molecule has 21 heavy (non-hydrogen) atoms. The van der Waals surface area contributed by atoms with Gasteiger partial charge in [0.1, 0.15) is 0 Å². The molecule has 5 heteroatoms. The van der Waals surface area contributed by atoms with E-state index in [4.69, 9.17) is 4.74 Å². The third-order valence-corrected chi connectivity index (χ3v) is 3.37. The molecule has 0 spiro atoms. The lowest BCUT2D eigenvalue weighted by atomic mass is 10.2. The average Bonchev–Trinajstić information content (AvgIpc) is 2.43. The zero-order chi connectivity index (χ0) is 15.8. The van der Waals surface area contributed by atoms with Gasteiger partial charge >= 0.3 is 0 Å². The lowest BCUT2D eigenvalue weighted by molar-refractivity contribution is 0.181. The average molecular weight is 297 g/mol. The number of nitrogens with zero attached hydrogens (tertiary/aromatic N) is 2. The first-order chi connectivity index (χ1) is 10.0. The summed E-state index contributed by atoms with van der Waals surface area (Å²) in [6, 6.07) is 1.82. The quantitative estimate of drug-likeness (QED) is 0.760. The lowest BCUT2D eigenvalue weighted by Crippen LogP contribution is -2.37. The Morgan fingerprint density at radius 1 is 1.38 bits per heavy atom. The molecule has 1 aromatic heterocycles. The summed E-state index contributed by atoms with van der Waals surface area (Å²) < 4.78 is 19.8. The van der Waals surface area contributed by atoms with Gasteiger partial charge in [-0.2, -0.15) is 0 Å². The van der Waals surface area contributed by atoms with Crippen molar-refractivity contribution in [2.45, 2.75) is 40.3 Å². The molecule has 120 valence electrons. The number of aromatic nitrogens is 1. The van der Waals surface area contributed by atoms with E-state index in [0.29, 0.717) is 37.0 Å². The zero-order valence-electron chi connectivity index (χ0n) is 13.8. The number of ether oxygens (including phenoxy) is 1. The molecule has 0 radical (unpaired) electrons. The second kappa shape index (κ2) is 8.95. The molecule has 0 saturated heterocycles. The van der Waals surface area contributed by atoms with Crippen LogP contribution in [0.2, 0.25) is 0 Å². The summed E-state index contributed by atoms with van der Waals surface area (Å²) in [4.78, 5) is 6.16. The van der Waals surface area contributed by atoms with Crippen LogP contribution in [0.3, 0.4) is 0 Å². The predicted octanol–water partition coefficient (Wildman–Crippen LogP) is 2.83. The summed E-state index contributed by atoms with van der Waals surface area (Å²) >= 11 is 0. The molecular weight excluding hydrogens is 269 g/mol. The molecule has 1 atom stereocenters. The maximum atomic E-state index is 14.6. The first-order valence-electron chi connectivity index (χ1n) is 7.60. The van der Waals surface area contributed by atoms with Gasteiger partial charge in [0.15, 0.2) is 11.6 Å². The summed E-state index contributed by atoms with van der Waals surface area (Å²) in [5.41, 5.74) is 0.656. The van der Waals surface area contributed by atoms with Gasteiger partial charge in [-0.15, -0.1) is 0 Å². The molecule has 0 amide bonds. The van der Waals surface area contributed by atoms with Crippen molar-refractivity contribution in [2.24, 2.45) is 5.92 Å². The molecule has 0 aliphatic carbocycles. The minimum Gasteiger partial charge on any atom is -0.383 e. The van der Waals surface area contributed by atoms with E-state index >= 15 is 0 Å². The van der Waals surface area contributed by atoms with Crippen LogP contribution in [0, 0.1) is 11.7 Å². The Morgan fingerprint density at radius 2 is 2.10 bits per heavy atom. The largest absolute Gasteiger partial charge is 0.383 e. The maximum absolute atomic E-state index is 14.6. The van der Waals surface area contributed by atoms with Gasteiger partial charge in [0.05, 0.1) is 12.6 Å². The van der Waals surface area contributed by atoms with Crippen molar-refractivity contribution >= 4 is 5.82 Å². The molecule has 0 bridgehead atoms. The van der Waals surface area contributed by atoms with Crippen LogP contribution < -0.4 is 10.2 Å². The Hall–Kier alpha value is -1.20. The number of methoxy groups -OCH3 is 1. The molecule has 0 fully saturated rings. The fourth-order valence-corrected chi connectivity index (χ4v) is 2.30. The second-order valence-corrected chi connectivity index (χ2v) is 5.72. The van der Waals surface area contributed by atoms with Crippen LogP contribution in [0.25, 0.3) is 0 Å². The van der Waals surface area contributed by atoms with E-state index in [1.165, 1.54) is 0 Å². The molecule has 1 rings (SSSR count). The molecule has 0 saturated carbocycles. The molecule has 1 aromatic rings. The zero-order valence-corrected chi connectivity index (χ0v) is 13.8. The van der Waals surface area contributed by atoms with Crippen molar-refractivity contribution in [3.05, 3.63) is 23.6 Å². The van der Waals surface area contributed by atoms with Crippen molar-refractivity contribution in [1.29, 1.82) is 0 Å². The Kier molecular flexibility index (Phi) is 7.61. The highest BCUT2D eigenvalue weighted by Crippen LogP contribution is 2.21. The minimum atomic E-state index is -0.237. The number of rotatable bonds is 9. The predicted molar refractivity (Wildman–Crippen MR) is 85.1 cm³/mol. The minimum absolute atomic E-state index is 0.0841. The topological polar surface area (TPSA) is 37.4 Å². The van der Waals surface area contributed by atoms with Crippen LogP contribution in [0.5, 0.6) is 0 Å². The van der Waals surface area contributed by atoms with Crippen LogP contribution in [-0.4, -0.2) is 37.8 Å². The highest BCUT2D eigenvalue weighted by molar-refractivity contribution is 5.44. The van der Waals surface area contributed by atoms with Crippen LogP contribution >= 0.6 is 0 Å². The van der Waals surface area contributed by atoms with E-state index in [1.54, 1.807) is 19.4 Å². The van der Waals surface area contributed by atoms with Crippen molar-refractivity contribution < 1.29 is 9.13 Å². The second-order valence-electron chi connectivity index (χ2n) is 5.72. The Morgan fingerprint density at radius 3 is 2.67 bits per heavy atom. The normalized spacial score (nSPS) is 12.7. The highest BCUT2D eigenvalue weighted by atomic mass is 19.1. The van der Waals surface area contributed by atoms with Crippen LogP contribution in [0.1, 0.15) is 33.3 Å². The summed E-state index contributed by atoms with van der Waals surface area (Å²) in [6.07, 6.45) is 1.67. The summed E-state index contributed by atoms with van der Waals surface area (Å²) in [5, 5.41) is 3.27.